The molecule has 1 rings (SSSR count). The Labute approximate surface area is 96.3 Å². The van der Waals surface area contributed by atoms with Gasteiger partial charge in [0.25, 0.3) is 0 Å². The van der Waals surface area contributed by atoms with Gasteiger partial charge in [-0.25, -0.2) is 0 Å². The average Bonchev–Trinajstić information content (AvgIpc) is 2.29. The van der Waals surface area contributed by atoms with Crippen LogP contribution >= 0.6 is 0 Å². The number of benzene rings is 1. The Kier molecular flexibility index (Phi) is 4.58. The van der Waals surface area contributed by atoms with E-state index in [1.54, 1.807) is 12.1 Å². The van der Waals surface area contributed by atoms with Gasteiger partial charge in [-0.15, -0.1) is 0 Å². The van der Waals surface area contributed by atoms with E-state index in [9.17, 15) is 10.2 Å². The molecule has 0 radical (unpaired) electrons. The number of hydrogen-bond acceptors (Lipinski definition) is 4. The van der Waals surface area contributed by atoms with Gasteiger partial charge in [0, 0.05) is 12.6 Å². The number of phenolic OH excluding ortho intramolecular Hbond substituents is 2. The fourth-order valence-electron chi connectivity index (χ4n) is 1.91. The molecule has 1 atom stereocenters. The van der Waals surface area contributed by atoms with Crippen molar-refractivity contribution >= 4 is 0 Å². The minimum absolute atomic E-state index is 0.0847. The molecule has 0 fully saturated rings. The summed E-state index contributed by atoms with van der Waals surface area (Å²) in [5.41, 5.74) is 6.69. The standard InChI is InChI=1S/C12H20N2O2/c1-3-14(4-2)10(8-13)9-5-6-11(15)12(16)7-9/h5-7,10,15-16H,3-4,8,13H2,1-2H3. The second kappa shape index (κ2) is 5.72. The van der Waals surface area contributed by atoms with Gasteiger partial charge in [-0.3, -0.25) is 4.90 Å². The molecule has 0 saturated carbocycles. The fourth-order valence-corrected chi connectivity index (χ4v) is 1.91. The van der Waals surface area contributed by atoms with Crippen LogP contribution in [0.3, 0.4) is 0 Å². The van der Waals surface area contributed by atoms with Gasteiger partial charge in [-0.05, 0) is 30.8 Å². The molecule has 0 amide bonds. The molecular weight excluding hydrogens is 204 g/mol. The van der Waals surface area contributed by atoms with Crippen LogP contribution in [0.2, 0.25) is 0 Å². The van der Waals surface area contributed by atoms with Crippen molar-refractivity contribution in [2.75, 3.05) is 19.6 Å². The maximum atomic E-state index is 9.46. The van der Waals surface area contributed by atoms with E-state index >= 15 is 0 Å². The topological polar surface area (TPSA) is 69.7 Å². The fraction of sp³-hybridized carbons (Fsp3) is 0.500. The van der Waals surface area contributed by atoms with E-state index in [-0.39, 0.29) is 17.5 Å². The smallest absolute Gasteiger partial charge is 0.157 e. The summed E-state index contributed by atoms with van der Waals surface area (Å²) in [6.07, 6.45) is 0. The molecular formula is C12H20N2O2. The molecule has 90 valence electrons. The van der Waals surface area contributed by atoms with Crippen molar-refractivity contribution in [3.63, 3.8) is 0 Å². The third-order valence-electron chi connectivity index (χ3n) is 2.86. The van der Waals surface area contributed by atoms with Gasteiger partial charge in [-0.1, -0.05) is 19.9 Å². The molecule has 1 unspecified atom stereocenters. The normalized spacial score (nSPS) is 13.0. The van der Waals surface area contributed by atoms with Crippen LogP contribution in [0.25, 0.3) is 0 Å². The summed E-state index contributed by atoms with van der Waals surface area (Å²) in [7, 11) is 0. The maximum absolute atomic E-state index is 9.46. The van der Waals surface area contributed by atoms with Crippen molar-refractivity contribution in [1.29, 1.82) is 0 Å². The highest BCUT2D eigenvalue weighted by Gasteiger charge is 2.17. The Morgan fingerprint density at radius 2 is 1.81 bits per heavy atom. The number of aromatic hydroxyl groups is 2. The van der Waals surface area contributed by atoms with Crippen molar-refractivity contribution in [1.82, 2.24) is 4.90 Å². The molecule has 4 nitrogen and oxygen atoms in total. The molecule has 1 aromatic carbocycles. The Balaban J connectivity index is 2.98. The quantitative estimate of drug-likeness (QED) is 0.662. The van der Waals surface area contributed by atoms with Gasteiger partial charge in [0.15, 0.2) is 11.5 Å². The highest BCUT2D eigenvalue weighted by atomic mass is 16.3. The first kappa shape index (κ1) is 12.8. The number of hydrogen-bond donors (Lipinski definition) is 3. The molecule has 4 heteroatoms. The van der Waals surface area contributed by atoms with Crippen molar-refractivity contribution in [3.05, 3.63) is 23.8 Å². The largest absolute Gasteiger partial charge is 0.504 e. The molecule has 0 spiro atoms. The van der Waals surface area contributed by atoms with Crippen LogP contribution < -0.4 is 5.73 Å². The van der Waals surface area contributed by atoms with Gasteiger partial charge in [0.2, 0.25) is 0 Å². The van der Waals surface area contributed by atoms with Gasteiger partial charge in [0.05, 0.1) is 0 Å². The molecule has 0 heterocycles. The van der Waals surface area contributed by atoms with E-state index in [4.69, 9.17) is 5.73 Å². The summed E-state index contributed by atoms with van der Waals surface area (Å²) in [5, 5.41) is 18.7. The van der Waals surface area contributed by atoms with E-state index in [1.807, 2.05) is 0 Å². The molecule has 4 N–H and O–H groups in total. The van der Waals surface area contributed by atoms with Crippen LogP contribution in [-0.2, 0) is 0 Å². The van der Waals surface area contributed by atoms with E-state index in [0.29, 0.717) is 6.54 Å². The third-order valence-corrected chi connectivity index (χ3v) is 2.86. The predicted molar refractivity (Wildman–Crippen MR) is 64.5 cm³/mol. The Bertz CT molecular complexity index is 338. The molecule has 0 saturated heterocycles. The molecule has 0 aliphatic rings. The number of likely N-dealkylation sites (N-methyl/N-ethyl adjacent to an activating group) is 1. The third kappa shape index (κ3) is 2.65. The average molecular weight is 224 g/mol. The lowest BCUT2D eigenvalue weighted by Crippen LogP contribution is -2.33. The lowest BCUT2D eigenvalue weighted by molar-refractivity contribution is 0.223. The van der Waals surface area contributed by atoms with Crippen LogP contribution in [0.4, 0.5) is 0 Å². The predicted octanol–water partition coefficient (Wildman–Crippen LogP) is 1.44. The number of phenols is 2. The zero-order chi connectivity index (χ0) is 12.1. The highest BCUT2D eigenvalue weighted by Crippen LogP contribution is 2.29. The zero-order valence-corrected chi connectivity index (χ0v) is 9.85. The summed E-state index contributed by atoms with van der Waals surface area (Å²) >= 11 is 0. The van der Waals surface area contributed by atoms with Gasteiger partial charge in [0.1, 0.15) is 0 Å². The molecule has 0 bridgehead atoms. The summed E-state index contributed by atoms with van der Waals surface area (Å²) in [5.74, 6) is -0.192. The minimum Gasteiger partial charge on any atom is -0.504 e. The van der Waals surface area contributed by atoms with E-state index in [1.165, 1.54) is 6.07 Å². The van der Waals surface area contributed by atoms with Crippen LogP contribution in [-0.4, -0.2) is 34.7 Å². The summed E-state index contributed by atoms with van der Waals surface area (Å²) in [6, 6.07) is 4.95. The van der Waals surface area contributed by atoms with Crippen LogP contribution in [0.1, 0.15) is 25.5 Å². The molecule has 16 heavy (non-hydrogen) atoms. The lowest BCUT2D eigenvalue weighted by Gasteiger charge is -2.29. The second-order valence-corrected chi connectivity index (χ2v) is 3.72. The Morgan fingerprint density at radius 3 is 2.25 bits per heavy atom. The minimum atomic E-state index is -0.0981. The van der Waals surface area contributed by atoms with Crippen molar-refractivity contribution < 1.29 is 10.2 Å². The second-order valence-electron chi connectivity index (χ2n) is 3.72. The SMILES string of the molecule is CCN(CC)C(CN)c1ccc(O)c(O)c1. The summed E-state index contributed by atoms with van der Waals surface area (Å²) in [6.45, 7) is 6.45. The first-order valence-electron chi connectivity index (χ1n) is 5.60. The highest BCUT2D eigenvalue weighted by molar-refractivity contribution is 5.41. The molecule has 1 aromatic rings. The number of nitrogens with zero attached hydrogens (tertiary/aromatic N) is 1. The first-order chi connectivity index (χ1) is 7.63. The molecule has 0 aromatic heterocycles. The van der Waals surface area contributed by atoms with E-state index < -0.39 is 0 Å². The Morgan fingerprint density at radius 1 is 1.19 bits per heavy atom. The van der Waals surface area contributed by atoms with Crippen LogP contribution in [0.5, 0.6) is 11.5 Å². The van der Waals surface area contributed by atoms with Crippen molar-refractivity contribution in [2.45, 2.75) is 19.9 Å². The van der Waals surface area contributed by atoms with Crippen molar-refractivity contribution in [3.8, 4) is 11.5 Å². The molecule has 0 aliphatic carbocycles. The van der Waals surface area contributed by atoms with Gasteiger partial charge >= 0.3 is 0 Å². The summed E-state index contributed by atoms with van der Waals surface area (Å²) in [4.78, 5) is 2.21. The van der Waals surface area contributed by atoms with Gasteiger partial charge < -0.3 is 15.9 Å². The van der Waals surface area contributed by atoms with Crippen LogP contribution in [0.15, 0.2) is 18.2 Å². The van der Waals surface area contributed by atoms with Crippen molar-refractivity contribution in [2.24, 2.45) is 5.73 Å². The van der Waals surface area contributed by atoms with Crippen LogP contribution in [0, 0.1) is 0 Å². The lowest BCUT2D eigenvalue weighted by atomic mass is 10.0. The Hall–Kier alpha value is -1.26. The van der Waals surface area contributed by atoms with Gasteiger partial charge in [-0.2, -0.15) is 0 Å². The maximum Gasteiger partial charge on any atom is 0.157 e. The molecule has 0 aliphatic heterocycles. The zero-order valence-electron chi connectivity index (χ0n) is 9.85. The number of rotatable bonds is 5. The summed E-state index contributed by atoms with van der Waals surface area (Å²) < 4.78 is 0. The monoisotopic (exact) mass is 224 g/mol. The number of nitrogens with two attached hydrogens (primary N) is 1. The first-order valence-corrected chi connectivity index (χ1v) is 5.60. The van der Waals surface area contributed by atoms with E-state index in [0.717, 1.165) is 18.7 Å². The van der Waals surface area contributed by atoms with E-state index in [2.05, 4.69) is 18.7 Å².